The van der Waals surface area contributed by atoms with Crippen LogP contribution in [0.3, 0.4) is 0 Å². The number of aromatic nitrogens is 1. The van der Waals surface area contributed by atoms with Crippen LogP contribution in [0.15, 0.2) is 22.6 Å². The third-order valence-corrected chi connectivity index (χ3v) is 3.37. The van der Waals surface area contributed by atoms with Crippen LogP contribution in [0.4, 0.5) is 5.69 Å². The first-order valence-corrected chi connectivity index (χ1v) is 6.15. The molecule has 0 aliphatic carbocycles. The molecule has 1 fully saturated rings. The van der Waals surface area contributed by atoms with Crippen LogP contribution in [0.25, 0.3) is 11.1 Å². The van der Waals surface area contributed by atoms with Gasteiger partial charge in [0.15, 0.2) is 5.58 Å². The summed E-state index contributed by atoms with van der Waals surface area (Å²) in [6.07, 6.45) is 1.07. The SMILES string of the molecule is CN(Cc1nc2ccc(N)cc2o1)C1CCOC1. The molecule has 1 aliphatic heterocycles. The summed E-state index contributed by atoms with van der Waals surface area (Å²) in [6, 6.07) is 5.99. The lowest BCUT2D eigenvalue weighted by molar-refractivity contribution is 0.151. The second kappa shape index (κ2) is 4.59. The van der Waals surface area contributed by atoms with Crippen LogP contribution in [0.1, 0.15) is 12.3 Å². The summed E-state index contributed by atoms with van der Waals surface area (Å²) in [7, 11) is 2.07. The zero-order valence-corrected chi connectivity index (χ0v) is 10.4. The van der Waals surface area contributed by atoms with E-state index in [4.69, 9.17) is 14.9 Å². The number of likely N-dealkylation sites (N-methyl/N-ethyl adjacent to an activating group) is 1. The summed E-state index contributed by atoms with van der Waals surface area (Å²) >= 11 is 0. The molecular weight excluding hydrogens is 230 g/mol. The fourth-order valence-corrected chi connectivity index (χ4v) is 2.27. The normalized spacial score (nSPS) is 20.0. The molecular formula is C13H17N3O2. The number of hydrogen-bond donors (Lipinski definition) is 1. The highest BCUT2D eigenvalue weighted by atomic mass is 16.5. The second-order valence-corrected chi connectivity index (χ2v) is 4.77. The summed E-state index contributed by atoms with van der Waals surface area (Å²) in [5.41, 5.74) is 8.02. The van der Waals surface area contributed by atoms with Gasteiger partial charge >= 0.3 is 0 Å². The Hall–Kier alpha value is -1.59. The van der Waals surface area contributed by atoms with E-state index in [0.29, 0.717) is 18.3 Å². The van der Waals surface area contributed by atoms with Crippen molar-refractivity contribution in [3.8, 4) is 0 Å². The average molecular weight is 247 g/mol. The molecule has 1 aromatic carbocycles. The van der Waals surface area contributed by atoms with E-state index in [1.807, 2.05) is 18.2 Å². The Morgan fingerprint density at radius 1 is 1.50 bits per heavy atom. The molecule has 3 rings (SSSR count). The lowest BCUT2D eigenvalue weighted by Gasteiger charge is -2.20. The van der Waals surface area contributed by atoms with E-state index in [-0.39, 0.29) is 0 Å². The summed E-state index contributed by atoms with van der Waals surface area (Å²) in [6.45, 7) is 2.34. The average Bonchev–Trinajstić information content (AvgIpc) is 2.95. The van der Waals surface area contributed by atoms with Crippen molar-refractivity contribution in [2.75, 3.05) is 26.0 Å². The van der Waals surface area contributed by atoms with E-state index in [1.165, 1.54) is 0 Å². The quantitative estimate of drug-likeness (QED) is 0.835. The lowest BCUT2D eigenvalue weighted by Crippen LogP contribution is -2.31. The number of nitrogens with zero attached hydrogens (tertiary/aromatic N) is 2. The molecule has 1 aromatic heterocycles. The molecule has 2 aromatic rings. The number of benzene rings is 1. The van der Waals surface area contributed by atoms with E-state index in [0.717, 1.165) is 36.6 Å². The summed E-state index contributed by atoms with van der Waals surface area (Å²) in [5.74, 6) is 0.727. The van der Waals surface area contributed by atoms with Crippen LogP contribution >= 0.6 is 0 Å². The number of nitrogens with two attached hydrogens (primary N) is 1. The van der Waals surface area contributed by atoms with Gasteiger partial charge in [0.1, 0.15) is 5.52 Å². The minimum absolute atomic E-state index is 0.463. The maximum Gasteiger partial charge on any atom is 0.209 e. The molecule has 96 valence electrons. The fourth-order valence-electron chi connectivity index (χ4n) is 2.27. The minimum atomic E-state index is 0.463. The van der Waals surface area contributed by atoms with E-state index in [2.05, 4.69) is 16.9 Å². The van der Waals surface area contributed by atoms with Gasteiger partial charge in [-0.1, -0.05) is 0 Å². The van der Waals surface area contributed by atoms with Gasteiger partial charge in [-0.3, -0.25) is 4.90 Å². The smallest absolute Gasteiger partial charge is 0.209 e. The summed E-state index contributed by atoms with van der Waals surface area (Å²) in [5, 5.41) is 0. The van der Waals surface area contributed by atoms with Crippen molar-refractivity contribution in [1.29, 1.82) is 0 Å². The van der Waals surface area contributed by atoms with Gasteiger partial charge in [-0.15, -0.1) is 0 Å². The van der Waals surface area contributed by atoms with Gasteiger partial charge in [-0.25, -0.2) is 4.98 Å². The molecule has 1 unspecified atom stereocenters. The van der Waals surface area contributed by atoms with Gasteiger partial charge in [0.2, 0.25) is 5.89 Å². The Kier molecular flexibility index (Phi) is 2.93. The molecule has 2 heterocycles. The van der Waals surface area contributed by atoms with Gasteiger partial charge < -0.3 is 14.9 Å². The molecule has 2 N–H and O–H groups in total. The van der Waals surface area contributed by atoms with Gasteiger partial charge in [0, 0.05) is 24.4 Å². The molecule has 5 heteroatoms. The molecule has 0 saturated carbocycles. The van der Waals surface area contributed by atoms with Crippen molar-refractivity contribution in [1.82, 2.24) is 9.88 Å². The van der Waals surface area contributed by atoms with E-state index in [9.17, 15) is 0 Å². The molecule has 1 atom stereocenters. The van der Waals surface area contributed by atoms with Crippen molar-refractivity contribution in [2.45, 2.75) is 19.0 Å². The van der Waals surface area contributed by atoms with Gasteiger partial charge in [-0.05, 0) is 25.6 Å². The van der Waals surface area contributed by atoms with E-state index < -0.39 is 0 Å². The molecule has 0 radical (unpaired) electrons. The van der Waals surface area contributed by atoms with Gasteiger partial charge in [-0.2, -0.15) is 0 Å². The monoisotopic (exact) mass is 247 g/mol. The zero-order chi connectivity index (χ0) is 12.5. The first-order chi connectivity index (χ1) is 8.72. The van der Waals surface area contributed by atoms with E-state index >= 15 is 0 Å². The number of nitrogen functional groups attached to an aromatic ring is 1. The standard InChI is InChI=1S/C13H17N3O2/c1-16(10-4-5-17-8-10)7-13-15-11-3-2-9(14)6-12(11)18-13/h2-3,6,10H,4-5,7-8,14H2,1H3. The molecule has 18 heavy (non-hydrogen) atoms. The Morgan fingerprint density at radius 2 is 2.39 bits per heavy atom. The van der Waals surface area contributed by atoms with Crippen LogP contribution in [-0.2, 0) is 11.3 Å². The highest BCUT2D eigenvalue weighted by molar-refractivity contribution is 5.76. The van der Waals surface area contributed by atoms with Crippen molar-refractivity contribution in [3.05, 3.63) is 24.1 Å². The van der Waals surface area contributed by atoms with Crippen molar-refractivity contribution >= 4 is 16.8 Å². The number of hydrogen-bond acceptors (Lipinski definition) is 5. The summed E-state index contributed by atoms with van der Waals surface area (Å²) < 4.78 is 11.1. The third-order valence-electron chi connectivity index (χ3n) is 3.37. The highest BCUT2D eigenvalue weighted by Gasteiger charge is 2.21. The number of fused-ring (bicyclic) bond motifs is 1. The number of ether oxygens (including phenoxy) is 1. The Balaban J connectivity index is 1.77. The zero-order valence-electron chi connectivity index (χ0n) is 10.4. The van der Waals surface area contributed by atoms with E-state index in [1.54, 1.807) is 0 Å². The van der Waals surface area contributed by atoms with Crippen LogP contribution in [0.5, 0.6) is 0 Å². The predicted molar refractivity (Wildman–Crippen MR) is 69.1 cm³/mol. The molecule has 0 bridgehead atoms. The Morgan fingerprint density at radius 3 is 3.17 bits per heavy atom. The molecule has 1 saturated heterocycles. The van der Waals surface area contributed by atoms with Gasteiger partial charge in [0.05, 0.1) is 13.2 Å². The first-order valence-electron chi connectivity index (χ1n) is 6.15. The largest absolute Gasteiger partial charge is 0.439 e. The Labute approximate surface area is 106 Å². The molecule has 5 nitrogen and oxygen atoms in total. The minimum Gasteiger partial charge on any atom is -0.439 e. The second-order valence-electron chi connectivity index (χ2n) is 4.77. The predicted octanol–water partition coefficient (Wildman–Crippen LogP) is 1.63. The van der Waals surface area contributed by atoms with Gasteiger partial charge in [0.25, 0.3) is 0 Å². The van der Waals surface area contributed by atoms with Crippen molar-refractivity contribution < 1.29 is 9.15 Å². The lowest BCUT2D eigenvalue weighted by atomic mass is 10.2. The topological polar surface area (TPSA) is 64.5 Å². The van der Waals surface area contributed by atoms with Crippen LogP contribution < -0.4 is 5.73 Å². The van der Waals surface area contributed by atoms with Crippen molar-refractivity contribution in [3.63, 3.8) is 0 Å². The van der Waals surface area contributed by atoms with Crippen molar-refractivity contribution in [2.24, 2.45) is 0 Å². The fraction of sp³-hybridized carbons (Fsp3) is 0.462. The first kappa shape index (κ1) is 11.5. The number of rotatable bonds is 3. The summed E-state index contributed by atoms with van der Waals surface area (Å²) in [4.78, 5) is 6.68. The Bertz CT molecular complexity index is 546. The highest BCUT2D eigenvalue weighted by Crippen LogP contribution is 2.20. The van der Waals surface area contributed by atoms with Crippen LogP contribution in [0.2, 0.25) is 0 Å². The molecule has 1 aliphatic rings. The van der Waals surface area contributed by atoms with Crippen LogP contribution in [0, 0.1) is 0 Å². The molecule has 0 amide bonds. The van der Waals surface area contributed by atoms with Crippen LogP contribution in [-0.4, -0.2) is 36.2 Å². The maximum absolute atomic E-state index is 5.72. The number of oxazole rings is 1. The molecule has 0 spiro atoms. The number of anilines is 1. The third kappa shape index (κ3) is 2.19. The maximum atomic E-state index is 5.72.